The molecule has 0 amide bonds. The molecule has 1 unspecified atom stereocenters. The van der Waals surface area contributed by atoms with Crippen LogP contribution in [0.15, 0.2) is 0 Å². The molecule has 5 nitrogen and oxygen atoms in total. The Bertz CT molecular complexity index is 352. The monoisotopic (exact) mass is 208 g/mol. The first-order chi connectivity index (χ1) is 7.34. The highest BCUT2D eigenvalue weighted by Crippen LogP contribution is 2.38. The van der Waals surface area contributed by atoms with E-state index in [9.17, 15) is 0 Å². The number of morpholine rings is 1. The second-order valence-electron chi connectivity index (χ2n) is 4.29. The zero-order chi connectivity index (χ0) is 10.3. The molecule has 2 aliphatic rings. The number of nitrogens with one attached hydrogen (secondary N) is 1. The molecule has 1 aromatic heterocycles. The van der Waals surface area contributed by atoms with Crippen LogP contribution in [0.1, 0.15) is 36.5 Å². The molecule has 82 valence electrons. The lowest BCUT2D eigenvalue weighted by Crippen LogP contribution is -2.34. The topological polar surface area (TPSA) is 52.0 Å². The molecule has 1 saturated carbocycles. The maximum Gasteiger partial charge on any atom is 0.157 e. The van der Waals surface area contributed by atoms with Crippen molar-refractivity contribution in [3.8, 4) is 0 Å². The Morgan fingerprint density at radius 2 is 2.33 bits per heavy atom. The van der Waals surface area contributed by atoms with Crippen LogP contribution in [0, 0.1) is 0 Å². The summed E-state index contributed by atoms with van der Waals surface area (Å²) in [5.41, 5.74) is 0. The third-order valence-corrected chi connectivity index (χ3v) is 2.97. The summed E-state index contributed by atoms with van der Waals surface area (Å²) in [6.45, 7) is 2.54. The number of aryl methyl sites for hydroxylation is 1. The molecule has 1 N–H and O–H groups in total. The van der Waals surface area contributed by atoms with Crippen LogP contribution in [0.4, 0.5) is 0 Å². The van der Waals surface area contributed by atoms with Gasteiger partial charge in [0, 0.05) is 26.1 Å². The number of ether oxygens (including phenoxy) is 1. The summed E-state index contributed by atoms with van der Waals surface area (Å²) in [6.07, 6.45) is 2.56. The SMILES string of the molecule is Cn1nc(C2CC2)nc1C1CNCCO1. The molecule has 5 heteroatoms. The fourth-order valence-electron chi connectivity index (χ4n) is 1.94. The van der Waals surface area contributed by atoms with Crippen molar-refractivity contribution < 1.29 is 4.74 Å². The molecule has 15 heavy (non-hydrogen) atoms. The Labute approximate surface area is 88.8 Å². The standard InChI is InChI=1S/C10H16N4O/c1-14-10(8-6-11-4-5-15-8)12-9(13-14)7-2-3-7/h7-8,11H,2-6H2,1H3. The van der Waals surface area contributed by atoms with Crippen molar-refractivity contribution in [2.45, 2.75) is 24.9 Å². The molecule has 2 heterocycles. The van der Waals surface area contributed by atoms with Gasteiger partial charge in [-0.15, -0.1) is 0 Å². The minimum atomic E-state index is 0.0729. The van der Waals surface area contributed by atoms with Gasteiger partial charge in [0.1, 0.15) is 6.10 Å². The van der Waals surface area contributed by atoms with E-state index in [0.29, 0.717) is 5.92 Å². The van der Waals surface area contributed by atoms with E-state index in [-0.39, 0.29) is 6.10 Å². The van der Waals surface area contributed by atoms with Crippen LogP contribution in [0.3, 0.4) is 0 Å². The molecule has 3 rings (SSSR count). The number of rotatable bonds is 2. The highest BCUT2D eigenvalue weighted by atomic mass is 16.5. The van der Waals surface area contributed by atoms with Gasteiger partial charge in [0.2, 0.25) is 0 Å². The van der Waals surface area contributed by atoms with E-state index < -0.39 is 0 Å². The van der Waals surface area contributed by atoms with Crippen molar-refractivity contribution >= 4 is 0 Å². The van der Waals surface area contributed by atoms with Crippen LogP contribution < -0.4 is 5.32 Å². The van der Waals surface area contributed by atoms with Crippen molar-refractivity contribution in [3.63, 3.8) is 0 Å². The summed E-state index contributed by atoms with van der Waals surface area (Å²) in [5, 5.41) is 7.75. The second kappa shape index (κ2) is 3.57. The molecule has 1 aliphatic heterocycles. The van der Waals surface area contributed by atoms with Gasteiger partial charge in [-0.25, -0.2) is 4.98 Å². The third kappa shape index (κ3) is 1.77. The Morgan fingerprint density at radius 3 is 3.00 bits per heavy atom. The summed E-state index contributed by atoms with van der Waals surface area (Å²) in [6, 6.07) is 0. The average molecular weight is 208 g/mol. The molecule has 0 radical (unpaired) electrons. The van der Waals surface area contributed by atoms with Crippen LogP contribution in [0.2, 0.25) is 0 Å². The van der Waals surface area contributed by atoms with Gasteiger partial charge in [-0.05, 0) is 12.8 Å². The summed E-state index contributed by atoms with van der Waals surface area (Å²) in [7, 11) is 1.95. The predicted octanol–water partition coefficient (Wildman–Crippen LogP) is 0.353. The Hall–Kier alpha value is -0.940. The van der Waals surface area contributed by atoms with Gasteiger partial charge in [0.25, 0.3) is 0 Å². The van der Waals surface area contributed by atoms with E-state index in [1.807, 2.05) is 11.7 Å². The van der Waals surface area contributed by atoms with Crippen molar-refractivity contribution in [2.24, 2.45) is 7.05 Å². The van der Waals surface area contributed by atoms with E-state index >= 15 is 0 Å². The van der Waals surface area contributed by atoms with Crippen LogP contribution >= 0.6 is 0 Å². The lowest BCUT2D eigenvalue weighted by Gasteiger charge is -2.22. The summed E-state index contributed by atoms with van der Waals surface area (Å²) < 4.78 is 7.54. The van der Waals surface area contributed by atoms with Crippen molar-refractivity contribution in [2.75, 3.05) is 19.7 Å². The highest BCUT2D eigenvalue weighted by Gasteiger charge is 2.30. The number of hydrogen-bond acceptors (Lipinski definition) is 4. The minimum absolute atomic E-state index is 0.0729. The van der Waals surface area contributed by atoms with E-state index in [1.165, 1.54) is 12.8 Å². The predicted molar refractivity (Wildman–Crippen MR) is 54.5 cm³/mol. The van der Waals surface area contributed by atoms with Gasteiger partial charge in [0.15, 0.2) is 11.6 Å². The molecule has 1 saturated heterocycles. The van der Waals surface area contributed by atoms with Crippen molar-refractivity contribution in [1.29, 1.82) is 0 Å². The first-order valence-electron chi connectivity index (χ1n) is 5.58. The Kier molecular flexibility index (Phi) is 2.21. The normalized spacial score (nSPS) is 26.9. The minimum Gasteiger partial charge on any atom is -0.368 e. The van der Waals surface area contributed by atoms with Gasteiger partial charge in [-0.1, -0.05) is 0 Å². The van der Waals surface area contributed by atoms with E-state index in [1.54, 1.807) is 0 Å². The number of hydrogen-bond donors (Lipinski definition) is 1. The van der Waals surface area contributed by atoms with Crippen LogP contribution in [-0.4, -0.2) is 34.5 Å². The van der Waals surface area contributed by atoms with Crippen molar-refractivity contribution in [1.82, 2.24) is 20.1 Å². The molecule has 0 spiro atoms. The van der Waals surface area contributed by atoms with Gasteiger partial charge in [0.05, 0.1) is 6.61 Å². The zero-order valence-corrected chi connectivity index (χ0v) is 8.94. The van der Waals surface area contributed by atoms with E-state index in [0.717, 1.165) is 31.3 Å². The number of aromatic nitrogens is 3. The smallest absolute Gasteiger partial charge is 0.157 e. The lowest BCUT2D eigenvalue weighted by atomic mass is 10.3. The summed E-state index contributed by atoms with van der Waals surface area (Å²) >= 11 is 0. The van der Waals surface area contributed by atoms with Crippen LogP contribution in [-0.2, 0) is 11.8 Å². The Morgan fingerprint density at radius 1 is 1.47 bits per heavy atom. The van der Waals surface area contributed by atoms with Crippen LogP contribution in [0.5, 0.6) is 0 Å². The molecular weight excluding hydrogens is 192 g/mol. The second-order valence-corrected chi connectivity index (χ2v) is 4.29. The zero-order valence-electron chi connectivity index (χ0n) is 8.94. The van der Waals surface area contributed by atoms with Gasteiger partial charge in [-0.3, -0.25) is 4.68 Å². The van der Waals surface area contributed by atoms with E-state index in [4.69, 9.17) is 4.74 Å². The van der Waals surface area contributed by atoms with E-state index in [2.05, 4.69) is 15.4 Å². The maximum atomic E-state index is 5.67. The van der Waals surface area contributed by atoms with Gasteiger partial charge >= 0.3 is 0 Å². The summed E-state index contributed by atoms with van der Waals surface area (Å²) in [5.74, 6) is 2.58. The van der Waals surface area contributed by atoms with Gasteiger partial charge < -0.3 is 10.1 Å². The third-order valence-electron chi connectivity index (χ3n) is 2.97. The largest absolute Gasteiger partial charge is 0.368 e. The first-order valence-corrected chi connectivity index (χ1v) is 5.58. The highest BCUT2D eigenvalue weighted by molar-refractivity contribution is 5.07. The quantitative estimate of drug-likeness (QED) is 0.762. The first kappa shape index (κ1) is 9.30. The fraction of sp³-hybridized carbons (Fsp3) is 0.800. The molecule has 0 aromatic carbocycles. The molecule has 2 fully saturated rings. The molecule has 0 bridgehead atoms. The Balaban J connectivity index is 1.82. The molecule has 1 atom stereocenters. The van der Waals surface area contributed by atoms with Gasteiger partial charge in [-0.2, -0.15) is 5.10 Å². The molecule has 1 aromatic rings. The van der Waals surface area contributed by atoms with Crippen LogP contribution in [0.25, 0.3) is 0 Å². The lowest BCUT2D eigenvalue weighted by molar-refractivity contribution is 0.0199. The molecular formula is C10H16N4O. The van der Waals surface area contributed by atoms with Crippen molar-refractivity contribution in [3.05, 3.63) is 11.6 Å². The number of nitrogens with zero attached hydrogens (tertiary/aromatic N) is 3. The molecule has 1 aliphatic carbocycles. The maximum absolute atomic E-state index is 5.67. The average Bonchev–Trinajstić information content (AvgIpc) is 3.04. The summed E-state index contributed by atoms with van der Waals surface area (Å²) in [4.78, 5) is 4.58. The fourth-order valence-corrected chi connectivity index (χ4v) is 1.94.